The molecular weight excluding hydrogens is 268 g/mol. The molecule has 0 bridgehead atoms. The van der Waals surface area contributed by atoms with E-state index in [2.05, 4.69) is 0 Å². The maximum absolute atomic E-state index is 11.5. The molecule has 0 aliphatic rings. The Morgan fingerprint density at radius 3 is 2.53 bits per heavy atom. The minimum Gasteiger partial charge on any atom is -0.466 e. The molecule has 0 heterocycles. The molecule has 0 fully saturated rings. The van der Waals surface area contributed by atoms with Crippen LogP contribution >= 0.6 is 11.6 Å². The summed E-state index contributed by atoms with van der Waals surface area (Å²) >= 11 is 5.94. The van der Waals surface area contributed by atoms with Crippen molar-refractivity contribution in [2.45, 2.75) is 33.1 Å². The maximum atomic E-state index is 11.5. The van der Waals surface area contributed by atoms with Crippen molar-refractivity contribution >= 4 is 23.5 Å². The van der Waals surface area contributed by atoms with Gasteiger partial charge in [-0.15, -0.1) is 0 Å². The summed E-state index contributed by atoms with van der Waals surface area (Å²) in [7, 11) is 0. The van der Waals surface area contributed by atoms with Gasteiger partial charge in [0, 0.05) is 0 Å². The molecule has 1 aromatic carbocycles. The molecule has 0 amide bonds. The van der Waals surface area contributed by atoms with E-state index in [1.165, 1.54) is 0 Å². The van der Waals surface area contributed by atoms with Crippen molar-refractivity contribution in [3.05, 3.63) is 28.8 Å². The smallest absolute Gasteiger partial charge is 0.311 e. The highest BCUT2D eigenvalue weighted by molar-refractivity contribution is 6.32. The van der Waals surface area contributed by atoms with E-state index in [1.54, 1.807) is 18.2 Å². The molecule has 0 unspecified atom stereocenters. The first-order valence-corrected chi connectivity index (χ1v) is 6.53. The van der Waals surface area contributed by atoms with E-state index in [1.807, 2.05) is 13.8 Å². The Morgan fingerprint density at radius 2 is 1.89 bits per heavy atom. The minimum atomic E-state index is -0.501. The quantitative estimate of drug-likeness (QED) is 0.594. The van der Waals surface area contributed by atoms with E-state index in [0.717, 1.165) is 12.0 Å². The molecule has 0 radical (unpaired) electrons. The van der Waals surface area contributed by atoms with Gasteiger partial charge < -0.3 is 9.47 Å². The zero-order valence-corrected chi connectivity index (χ0v) is 11.8. The van der Waals surface area contributed by atoms with Crippen LogP contribution in [0.2, 0.25) is 5.02 Å². The molecule has 0 saturated carbocycles. The van der Waals surface area contributed by atoms with E-state index in [-0.39, 0.29) is 12.8 Å². The van der Waals surface area contributed by atoms with Gasteiger partial charge in [0.1, 0.15) is 5.75 Å². The number of ether oxygens (including phenoxy) is 2. The van der Waals surface area contributed by atoms with Crippen LogP contribution in [0.4, 0.5) is 0 Å². The minimum absolute atomic E-state index is 0.0162. The average molecular weight is 285 g/mol. The van der Waals surface area contributed by atoms with E-state index < -0.39 is 11.9 Å². The summed E-state index contributed by atoms with van der Waals surface area (Å²) in [6.45, 7) is 4.17. The third-order valence-electron chi connectivity index (χ3n) is 2.31. The van der Waals surface area contributed by atoms with Crippen molar-refractivity contribution in [1.82, 2.24) is 0 Å². The zero-order chi connectivity index (χ0) is 14.3. The molecule has 104 valence electrons. The summed E-state index contributed by atoms with van der Waals surface area (Å²) in [5.74, 6) is -0.591. The standard InChI is InChI=1S/C14H17ClO4/c1-3-8-18-13(16)6-7-14(17)19-12-5-4-10(2)9-11(12)15/h4-5,9H,3,6-8H2,1-2H3. The largest absolute Gasteiger partial charge is 0.466 e. The Bertz CT molecular complexity index is 457. The van der Waals surface area contributed by atoms with E-state index in [9.17, 15) is 9.59 Å². The van der Waals surface area contributed by atoms with Crippen LogP contribution in [0.3, 0.4) is 0 Å². The fraction of sp³-hybridized carbons (Fsp3) is 0.429. The van der Waals surface area contributed by atoms with Crippen LogP contribution in [0.15, 0.2) is 18.2 Å². The molecule has 19 heavy (non-hydrogen) atoms. The lowest BCUT2D eigenvalue weighted by atomic mass is 10.2. The number of hydrogen-bond acceptors (Lipinski definition) is 4. The van der Waals surface area contributed by atoms with Crippen molar-refractivity contribution in [2.24, 2.45) is 0 Å². The second kappa shape index (κ2) is 7.79. The van der Waals surface area contributed by atoms with Crippen molar-refractivity contribution < 1.29 is 19.1 Å². The highest BCUT2D eigenvalue weighted by atomic mass is 35.5. The number of hydrogen-bond donors (Lipinski definition) is 0. The lowest BCUT2D eigenvalue weighted by Gasteiger charge is -2.07. The van der Waals surface area contributed by atoms with Crippen molar-refractivity contribution in [1.29, 1.82) is 0 Å². The third kappa shape index (κ3) is 5.75. The van der Waals surface area contributed by atoms with Gasteiger partial charge in [-0.2, -0.15) is 0 Å². The van der Waals surface area contributed by atoms with Gasteiger partial charge in [0.15, 0.2) is 0 Å². The SMILES string of the molecule is CCCOC(=O)CCC(=O)Oc1ccc(C)cc1Cl. The molecule has 1 rings (SSSR count). The molecule has 1 aromatic rings. The fourth-order valence-corrected chi connectivity index (χ4v) is 1.63. The lowest BCUT2D eigenvalue weighted by molar-refractivity contribution is -0.146. The molecule has 0 saturated heterocycles. The summed E-state index contributed by atoms with van der Waals surface area (Å²) in [6, 6.07) is 5.13. The maximum Gasteiger partial charge on any atom is 0.311 e. The Morgan fingerprint density at radius 1 is 1.21 bits per heavy atom. The molecule has 0 aliphatic carbocycles. The molecule has 4 nitrogen and oxygen atoms in total. The van der Waals surface area contributed by atoms with Crippen LogP contribution in [0.1, 0.15) is 31.7 Å². The summed E-state index contributed by atoms with van der Waals surface area (Å²) in [5.41, 5.74) is 0.980. The van der Waals surface area contributed by atoms with Crippen LogP contribution < -0.4 is 4.74 Å². The van der Waals surface area contributed by atoms with Gasteiger partial charge in [-0.25, -0.2) is 0 Å². The third-order valence-corrected chi connectivity index (χ3v) is 2.61. The lowest BCUT2D eigenvalue weighted by Crippen LogP contribution is -2.12. The van der Waals surface area contributed by atoms with Gasteiger partial charge >= 0.3 is 11.9 Å². The first kappa shape index (κ1) is 15.5. The predicted molar refractivity (Wildman–Crippen MR) is 72.3 cm³/mol. The van der Waals surface area contributed by atoms with E-state index in [4.69, 9.17) is 21.1 Å². The molecule has 0 spiro atoms. The Hall–Kier alpha value is -1.55. The molecule has 0 aromatic heterocycles. The summed E-state index contributed by atoms with van der Waals surface area (Å²) in [4.78, 5) is 22.8. The van der Waals surface area contributed by atoms with Crippen molar-refractivity contribution in [3.63, 3.8) is 0 Å². The van der Waals surface area contributed by atoms with Gasteiger partial charge in [-0.3, -0.25) is 9.59 Å². The second-order valence-electron chi connectivity index (χ2n) is 4.13. The fourth-order valence-electron chi connectivity index (χ4n) is 1.35. The van der Waals surface area contributed by atoms with Crippen LogP contribution in [-0.2, 0) is 14.3 Å². The second-order valence-corrected chi connectivity index (χ2v) is 4.54. The monoisotopic (exact) mass is 284 g/mol. The molecular formula is C14H17ClO4. The highest BCUT2D eigenvalue weighted by Crippen LogP contribution is 2.25. The summed E-state index contributed by atoms with van der Waals surface area (Å²) < 4.78 is 9.93. The Kier molecular flexibility index (Phi) is 6.36. The number of esters is 2. The number of halogens is 1. The summed E-state index contributed by atoms with van der Waals surface area (Å²) in [6.07, 6.45) is 0.754. The normalized spacial score (nSPS) is 10.1. The number of carbonyl (C=O) groups excluding carboxylic acids is 2. The predicted octanol–water partition coefficient (Wildman–Crippen LogP) is 3.29. The number of benzene rings is 1. The van der Waals surface area contributed by atoms with Gasteiger partial charge in [0.25, 0.3) is 0 Å². The zero-order valence-electron chi connectivity index (χ0n) is 11.1. The van der Waals surface area contributed by atoms with Gasteiger partial charge in [0.2, 0.25) is 0 Å². The van der Waals surface area contributed by atoms with Crippen LogP contribution in [0.25, 0.3) is 0 Å². The Labute approximate surface area is 117 Å². The first-order valence-electron chi connectivity index (χ1n) is 6.15. The van der Waals surface area contributed by atoms with E-state index >= 15 is 0 Å². The van der Waals surface area contributed by atoms with Gasteiger partial charge in [-0.05, 0) is 31.0 Å². The highest BCUT2D eigenvalue weighted by Gasteiger charge is 2.11. The van der Waals surface area contributed by atoms with Crippen LogP contribution in [-0.4, -0.2) is 18.5 Å². The average Bonchev–Trinajstić information content (AvgIpc) is 2.37. The van der Waals surface area contributed by atoms with Crippen molar-refractivity contribution in [2.75, 3.05) is 6.61 Å². The van der Waals surface area contributed by atoms with Gasteiger partial charge in [-0.1, -0.05) is 24.6 Å². The Balaban J connectivity index is 2.41. The topological polar surface area (TPSA) is 52.6 Å². The van der Waals surface area contributed by atoms with Crippen LogP contribution in [0, 0.1) is 6.92 Å². The first-order chi connectivity index (χ1) is 9.02. The number of rotatable bonds is 6. The number of aryl methyl sites for hydroxylation is 1. The van der Waals surface area contributed by atoms with E-state index in [0.29, 0.717) is 17.4 Å². The molecule has 0 aliphatic heterocycles. The van der Waals surface area contributed by atoms with Crippen molar-refractivity contribution in [3.8, 4) is 5.75 Å². The number of carbonyl (C=O) groups is 2. The molecule has 0 N–H and O–H groups in total. The van der Waals surface area contributed by atoms with Gasteiger partial charge in [0.05, 0.1) is 24.5 Å². The molecule has 0 atom stereocenters. The van der Waals surface area contributed by atoms with Crippen LogP contribution in [0.5, 0.6) is 5.75 Å². The summed E-state index contributed by atoms with van der Waals surface area (Å²) in [5, 5.41) is 0.377. The molecule has 5 heteroatoms.